The van der Waals surface area contributed by atoms with Crippen LogP contribution in [0.5, 0.6) is 11.5 Å². The third-order valence-corrected chi connectivity index (χ3v) is 6.98. The molecule has 216 valence electrons. The molecule has 1 fully saturated rings. The van der Waals surface area contributed by atoms with Crippen LogP contribution in [0.3, 0.4) is 0 Å². The summed E-state index contributed by atoms with van der Waals surface area (Å²) in [7, 11) is 5.07. The average Bonchev–Trinajstić information content (AvgIpc) is 2.97. The minimum atomic E-state index is -0.349. The van der Waals surface area contributed by atoms with Crippen LogP contribution in [0.15, 0.2) is 78.9 Å². The van der Waals surface area contributed by atoms with E-state index >= 15 is 0 Å². The van der Waals surface area contributed by atoms with Crippen LogP contribution in [-0.4, -0.2) is 85.9 Å². The van der Waals surface area contributed by atoms with Crippen molar-refractivity contribution in [3.63, 3.8) is 0 Å². The fourth-order valence-electron chi connectivity index (χ4n) is 4.88. The predicted molar refractivity (Wildman–Crippen MR) is 158 cm³/mol. The number of ether oxygens (including phenoxy) is 2. The Hall–Kier alpha value is -4.21. The Bertz CT molecular complexity index is 1290. The number of esters is 1. The van der Waals surface area contributed by atoms with Crippen molar-refractivity contribution in [1.82, 2.24) is 14.7 Å². The molecule has 9 heteroatoms. The van der Waals surface area contributed by atoms with Gasteiger partial charge in [-0.1, -0.05) is 30.3 Å². The highest BCUT2D eigenvalue weighted by Crippen LogP contribution is 2.23. The first-order chi connectivity index (χ1) is 19.8. The smallest absolute Gasteiger partial charge is 0.337 e. The molecule has 0 unspecified atom stereocenters. The number of rotatable bonds is 11. The van der Waals surface area contributed by atoms with Crippen LogP contribution < -0.4 is 10.1 Å². The molecule has 1 aliphatic heterocycles. The molecular weight excluding hydrogens is 520 g/mol. The van der Waals surface area contributed by atoms with Crippen LogP contribution >= 0.6 is 0 Å². The van der Waals surface area contributed by atoms with Crippen molar-refractivity contribution in [3.05, 3.63) is 90.0 Å². The first-order valence-corrected chi connectivity index (χ1v) is 13.8. The number of nitrogens with one attached hydrogen (secondary N) is 1. The number of para-hydroxylation sites is 1. The lowest BCUT2D eigenvalue weighted by Crippen LogP contribution is -2.51. The van der Waals surface area contributed by atoms with Crippen LogP contribution in [0, 0.1) is 0 Å². The fraction of sp³-hybridized carbons (Fsp3) is 0.344. The van der Waals surface area contributed by atoms with Crippen molar-refractivity contribution in [1.29, 1.82) is 0 Å². The number of carbonyl (C=O) groups is 3. The van der Waals surface area contributed by atoms with E-state index in [0.29, 0.717) is 17.0 Å². The van der Waals surface area contributed by atoms with Gasteiger partial charge in [0.1, 0.15) is 18.0 Å². The molecule has 4 rings (SSSR count). The highest BCUT2D eigenvalue weighted by Gasteiger charge is 2.29. The summed E-state index contributed by atoms with van der Waals surface area (Å²) in [4.78, 5) is 43.8. The van der Waals surface area contributed by atoms with Crippen LogP contribution in [-0.2, 0) is 20.9 Å². The Morgan fingerprint density at radius 1 is 0.854 bits per heavy atom. The molecule has 2 amide bonds. The predicted octanol–water partition coefficient (Wildman–Crippen LogP) is 4.26. The first-order valence-electron chi connectivity index (χ1n) is 13.8. The zero-order valence-corrected chi connectivity index (χ0v) is 23.9. The van der Waals surface area contributed by atoms with E-state index in [-0.39, 0.29) is 36.9 Å². The Morgan fingerprint density at radius 3 is 2.10 bits per heavy atom. The molecule has 41 heavy (non-hydrogen) atoms. The van der Waals surface area contributed by atoms with E-state index in [2.05, 4.69) is 10.2 Å². The monoisotopic (exact) mass is 558 g/mol. The average molecular weight is 559 g/mol. The molecule has 9 nitrogen and oxygen atoms in total. The molecule has 0 aromatic heterocycles. The van der Waals surface area contributed by atoms with Gasteiger partial charge in [0.05, 0.1) is 19.2 Å². The van der Waals surface area contributed by atoms with Crippen molar-refractivity contribution in [3.8, 4) is 11.5 Å². The van der Waals surface area contributed by atoms with Crippen LogP contribution in [0.25, 0.3) is 0 Å². The second-order valence-corrected chi connectivity index (χ2v) is 10.4. The van der Waals surface area contributed by atoms with Crippen LogP contribution in [0.2, 0.25) is 0 Å². The summed E-state index contributed by atoms with van der Waals surface area (Å²) in [6.45, 7) is 2.60. The summed E-state index contributed by atoms with van der Waals surface area (Å²) in [6, 6.07) is 24.1. The van der Waals surface area contributed by atoms with Crippen molar-refractivity contribution in [2.75, 3.05) is 52.7 Å². The highest BCUT2D eigenvalue weighted by molar-refractivity contribution is 5.95. The zero-order chi connectivity index (χ0) is 29.2. The maximum atomic E-state index is 13.2. The van der Waals surface area contributed by atoms with Gasteiger partial charge in [-0.15, -0.1) is 0 Å². The second kappa shape index (κ2) is 14.4. The van der Waals surface area contributed by atoms with Gasteiger partial charge in [0, 0.05) is 31.4 Å². The van der Waals surface area contributed by atoms with Gasteiger partial charge >= 0.3 is 5.97 Å². The lowest BCUT2D eigenvalue weighted by Gasteiger charge is -2.38. The van der Waals surface area contributed by atoms with Crippen molar-refractivity contribution in [2.24, 2.45) is 0 Å². The number of piperidine rings is 1. The van der Waals surface area contributed by atoms with Gasteiger partial charge in [-0.2, -0.15) is 0 Å². The van der Waals surface area contributed by atoms with Crippen molar-refractivity contribution in [2.45, 2.75) is 25.4 Å². The SMILES string of the molecule is COC(=O)c1ccc(CN2CCC(N(CC(=O)Nc3ccc(Oc4ccccc4)cc3)C(=O)CN(C)C)CC2)cc1. The Kier molecular flexibility index (Phi) is 10.5. The molecule has 0 saturated carbocycles. The van der Waals surface area contributed by atoms with Crippen LogP contribution in [0.4, 0.5) is 5.69 Å². The zero-order valence-electron chi connectivity index (χ0n) is 23.9. The lowest BCUT2D eigenvalue weighted by molar-refractivity contribution is -0.138. The van der Waals surface area contributed by atoms with Crippen molar-refractivity contribution < 1.29 is 23.9 Å². The van der Waals surface area contributed by atoms with Gasteiger partial charge < -0.3 is 24.6 Å². The number of likely N-dealkylation sites (tertiary alicyclic amines) is 1. The minimum Gasteiger partial charge on any atom is -0.465 e. The standard InChI is InChI=1S/C32H38N4O5/c1-34(2)23-31(38)36(22-30(37)33-26-13-15-29(16-14-26)41-28-7-5-4-6-8-28)27-17-19-35(20-18-27)21-24-9-11-25(12-10-24)32(39)40-3/h4-16,27H,17-23H2,1-3H3,(H,33,37). The quantitative estimate of drug-likeness (QED) is 0.352. The molecule has 0 bridgehead atoms. The van der Waals surface area contributed by atoms with Crippen LogP contribution in [0.1, 0.15) is 28.8 Å². The van der Waals surface area contributed by atoms with E-state index < -0.39 is 0 Å². The third kappa shape index (κ3) is 8.89. The summed E-state index contributed by atoms with van der Waals surface area (Å²) < 4.78 is 10.6. The van der Waals surface area contributed by atoms with Crippen molar-refractivity contribution >= 4 is 23.5 Å². The van der Waals surface area contributed by atoms with Gasteiger partial charge in [0.15, 0.2) is 0 Å². The molecule has 0 atom stereocenters. The number of anilines is 1. The molecule has 1 N–H and O–H groups in total. The molecule has 3 aromatic rings. The first kappa shape index (κ1) is 29.8. The topological polar surface area (TPSA) is 91.4 Å². The molecule has 0 radical (unpaired) electrons. The molecule has 1 saturated heterocycles. The Morgan fingerprint density at radius 2 is 1.49 bits per heavy atom. The largest absolute Gasteiger partial charge is 0.465 e. The molecule has 1 heterocycles. The number of likely N-dealkylation sites (N-methyl/N-ethyl adjacent to an activating group) is 1. The third-order valence-electron chi connectivity index (χ3n) is 6.98. The summed E-state index contributed by atoms with van der Waals surface area (Å²) in [5.74, 6) is 0.763. The normalized spacial score (nSPS) is 14.0. The molecule has 3 aromatic carbocycles. The van der Waals surface area contributed by atoms with Gasteiger partial charge in [0.25, 0.3) is 0 Å². The van der Waals surface area contributed by atoms with E-state index in [1.54, 1.807) is 41.3 Å². The molecule has 0 spiro atoms. The van der Waals surface area contributed by atoms with E-state index in [4.69, 9.17) is 9.47 Å². The summed E-state index contributed by atoms with van der Waals surface area (Å²) >= 11 is 0. The molecule has 0 aliphatic carbocycles. The lowest BCUT2D eigenvalue weighted by atomic mass is 10.0. The summed E-state index contributed by atoms with van der Waals surface area (Å²) in [6.07, 6.45) is 1.55. The maximum absolute atomic E-state index is 13.2. The Balaban J connectivity index is 1.32. The number of methoxy groups -OCH3 is 1. The number of hydrogen-bond donors (Lipinski definition) is 1. The van der Waals surface area contributed by atoms with E-state index in [1.807, 2.05) is 61.5 Å². The number of nitrogens with zero attached hydrogens (tertiary/aromatic N) is 3. The molecule has 1 aliphatic rings. The minimum absolute atomic E-state index is 0.00536. The van der Waals surface area contributed by atoms with Gasteiger partial charge in [0.2, 0.25) is 11.8 Å². The number of carbonyl (C=O) groups excluding carboxylic acids is 3. The van der Waals surface area contributed by atoms with Gasteiger partial charge in [-0.3, -0.25) is 14.5 Å². The molecular formula is C32H38N4O5. The summed E-state index contributed by atoms with van der Waals surface area (Å²) in [5, 5.41) is 2.92. The fourth-order valence-corrected chi connectivity index (χ4v) is 4.88. The van der Waals surface area contributed by atoms with E-state index in [9.17, 15) is 14.4 Å². The number of benzene rings is 3. The highest BCUT2D eigenvalue weighted by atomic mass is 16.5. The maximum Gasteiger partial charge on any atom is 0.337 e. The summed E-state index contributed by atoms with van der Waals surface area (Å²) in [5.41, 5.74) is 2.28. The van der Waals surface area contributed by atoms with Gasteiger partial charge in [-0.05, 0) is 81.0 Å². The van der Waals surface area contributed by atoms with E-state index in [0.717, 1.165) is 43.8 Å². The van der Waals surface area contributed by atoms with E-state index in [1.165, 1.54) is 7.11 Å². The second-order valence-electron chi connectivity index (χ2n) is 10.4. The number of amides is 2. The Labute approximate surface area is 241 Å². The van der Waals surface area contributed by atoms with Gasteiger partial charge in [-0.25, -0.2) is 4.79 Å². The number of hydrogen-bond acceptors (Lipinski definition) is 7.